The molecule has 9 nitrogen and oxygen atoms in total. The van der Waals surface area contributed by atoms with Crippen LogP contribution in [0.1, 0.15) is 19.3 Å². The second-order valence-electron chi connectivity index (χ2n) is 6.01. The Labute approximate surface area is 141 Å². The maximum absolute atomic E-state index is 11.9. The number of carboxylic acids is 1. The number of aromatic nitrogens is 2. The largest absolute Gasteiger partial charge is 0.481 e. The average Bonchev–Trinajstić information content (AvgIpc) is 2.93. The third-order valence-electron chi connectivity index (χ3n) is 4.35. The number of nitrogens with one attached hydrogen (secondary N) is 2. The number of rotatable bonds is 4. The Balaban J connectivity index is 1.48. The topological polar surface area (TPSA) is 125 Å². The quantitative estimate of drug-likeness (QED) is 0.721. The van der Waals surface area contributed by atoms with Crippen molar-refractivity contribution in [3.05, 3.63) is 21.6 Å². The molecule has 2 fully saturated rings. The lowest BCUT2D eigenvalue weighted by Gasteiger charge is -2.32. The van der Waals surface area contributed by atoms with Crippen molar-refractivity contribution in [2.45, 2.75) is 31.4 Å². The summed E-state index contributed by atoms with van der Waals surface area (Å²) in [5.41, 5.74) is 0.0458. The Morgan fingerprint density at radius 2 is 2.21 bits per heavy atom. The van der Waals surface area contributed by atoms with Gasteiger partial charge in [0.2, 0.25) is 0 Å². The molecule has 130 valence electrons. The molecule has 0 bridgehead atoms. The van der Waals surface area contributed by atoms with Crippen LogP contribution in [0.15, 0.2) is 11.0 Å². The highest BCUT2D eigenvalue weighted by Gasteiger charge is 2.36. The highest BCUT2D eigenvalue weighted by Crippen LogP contribution is 2.28. The Bertz CT molecular complexity index is 703. The molecular weight excluding hydrogens is 340 g/mol. The van der Waals surface area contributed by atoms with Crippen molar-refractivity contribution in [2.24, 2.45) is 5.92 Å². The average molecular weight is 357 g/mol. The number of anilines is 1. The molecule has 1 saturated carbocycles. The van der Waals surface area contributed by atoms with Gasteiger partial charge in [0.15, 0.2) is 0 Å². The Hall–Kier alpha value is -2.29. The summed E-state index contributed by atoms with van der Waals surface area (Å²) in [5.74, 6) is -1.22. The fourth-order valence-corrected chi connectivity index (χ4v) is 3.14. The molecule has 1 amide bonds. The molecule has 1 saturated heterocycles. The first kappa shape index (κ1) is 16.6. The van der Waals surface area contributed by atoms with Crippen molar-refractivity contribution in [3.8, 4) is 0 Å². The molecule has 1 aliphatic carbocycles. The molecule has 1 aromatic rings. The van der Waals surface area contributed by atoms with Gasteiger partial charge in [-0.25, -0.2) is 9.89 Å². The van der Waals surface area contributed by atoms with E-state index in [1.165, 1.54) is 6.20 Å². The molecule has 1 atom stereocenters. The van der Waals surface area contributed by atoms with E-state index in [1.54, 1.807) is 0 Å². The van der Waals surface area contributed by atoms with Gasteiger partial charge in [0, 0.05) is 19.0 Å². The van der Waals surface area contributed by atoms with E-state index in [-0.39, 0.29) is 23.1 Å². The second-order valence-corrected chi connectivity index (χ2v) is 6.39. The van der Waals surface area contributed by atoms with E-state index in [4.69, 9.17) is 21.4 Å². The summed E-state index contributed by atoms with van der Waals surface area (Å²) >= 11 is 5.97. The van der Waals surface area contributed by atoms with Crippen LogP contribution in [0.4, 0.5) is 10.5 Å². The number of H-pyrrole nitrogens is 1. The standard InChI is InChI=1S/C14H17ClN4O5/c15-11-10(5-16-18-12(11)20)19-2-1-9(6-19)24-14(23)17-8-3-7(4-8)13(21)22/h5,7-9H,1-4,6H2,(H,17,23)(H,18,20)(H,21,22). The lowest BCUT2D eigenvalue weighted by Crippen LogP contribution is -2.47. The fourth-order valence-electron chi connectivity index (χ4n) is 2.93. The molecule has 3 rings (SSSR count). The van der Waals surface area contributed by atoms with Gasteiger partial charge in [0.25, 0.3) is 5.56 Å². The molecule has 24 heavy (non-hydrogen) atoms. The van der Waals surface area contributed by atoms with Gasteiger partial charge >= 0.3 is 12.1 Å². The van der Waals surface area contributed by atoms with Crippen molar-refractivity contribution in [1.29, 1.82) is 0 Å². The van der Waals surface area contributed by atoms with E-state index in [0.717, 1.165) is 0 Å². The summed E-state index contributed by atoms with van der Waals surface area (Å²) in [6.07, 6.45) is 2.05. The Morgan fingerprint density at radius 3 is 2.92 bits per heavy atom. The smallest absolute Gasteiger partial charge is 0.407 e. The monoisotopic (exact) mass is 356 g/mol. The zero-order valence-electron chi connectivity index (χ0n) is 12.7. The predicted octanol–water partition coefficient (Wildman–Crippen LogP) is 0.591. The first-order chi connectivity index (χ1) is 11.4. The molecule has 10 heteroatoms. The van der Waals surface area contributed by atoms with E-state index in [2.05, 4.69) is 15.5 Å². The second kappa shape index (κ2) is 6.68. The molecule has 2 heterocycles. The van der Waals surface area contributed by atoms with Crippen LogP contribution in [0.25, 0.3) is 0 Å². The number of nitrogens with zero attached hydrogens (tertiary/aromatic N) is 2. The minimum atomic E-state index is -0.837. The SMILES string of the molecule is O=C(NC1CC(C(=O)O)C1)OC1CCN(c2cn[nH]c(=O)c2Cl)C1. The van der Waals surface area contributed by atoms with Crippen LogP contribution in [0.2, 0.25) is 5.02 Å². The van der Waals surface area contributed by atoms with Crippen molar-refractivity contribution >= 4 is 29.4 Å². The number of carbonyl (C=O) groups excluding carboxylic acids is 1. The summed E-state index contributed by atoms with van der Waals surface area (Å²) in [7, 11) is 0. The van der Waals surface area contributed by atoms with Gasteiger partial charge in [-0.1, -0.05) is 11.6 Å². The molecular formula is C14H17ClN4O5. The minimum absolute atomic E-state index is 0.0595. The van der Waals surface area contributed by atoms with E-state index in [1.807, 2.05) is 4.90 Å². The van der Waals surface area contributed by atoms with Gasteiger partial charge < -0.3 is 20.1 Å². The minimum Gasteiger partial charge on any atom is -0.481 e. The molecule has 0 aromatic carbocycles. The third-order valence-corrected chi connectivity index (χ3v) is 4.71. The summed E-state index contributed by atoms with van der Waals surface area (Å²) in [6, 6.07) is -0.151. The van der Waals surface area contributed by atoms with Gasteiger partial charge in [0.05, 0.1) is 24.3 Å². The van der Waals surface area contributed by atoms with Crippen LogP contribution in [-0.2, 0) is 9.53 Å². The van der Waals surface area contributed by atoms with Crippen LogP contribution >= 0.6 is 11.6 Å². The van der Waals surface area contributed by atoms with Gasteiger partial charge in [-0.2, -0.15) is 5.10 Å². The number of ether oxygens (including phenoxy) is 1. The fraction of sp³-hybridized carbons (Fsp3) is 0.571. The number of hydrogen-bond acceptors (Lipinski definition) is 6. The van der Waals surface area contributed by atoms with Gasteiger partial charge in [-0.05, 0) is 12.8 Å². The Kier molecular flexibility index (Phi) is 4.61. The van der Waals surface area contributed by atoms with E-state index in [0.29, 0.717) is 38.0 Å². The highest BCUT2D eigenvalue weighted by atomic mass is 35.5. The molecule has 0 spiro atoms. The lowest BCUT2D eigenvalue weighted by molar-refractivity contribution is -0.145. The van der Waals surface area contributed by atoms with Crippen LogP contribution in [0, 0.1) is 5.92 Å². The van der Waals surface area contributed by atoms with E-state index in [9.17, 15) is 14.4 Å². The number of aromatic amines is 1. The van der Waals surface area contributed by atoms with Crippen molar-refractivity contribution in [2.75, 3.05) is 18.0 Å². The first-order valence-corrected chi connectivity index (χ1v) is 8.00. The zero-order valence-corrected chi connectivity index (χ0v) is 13.5. The molecule has 1 aromatic heterocycles. The highest BCUT2D eigenvalue weighted by molar-refractivity contribution is 6.33. The Morgan fingerprint density at radius 1 is 1.46 bits per heavy atom. The maximum Gasteiger partial charge on any atom is 0.407 e. The number of carboxylic acid groups (broad SMARTS) is 1. The van der Waals surface area contributed by atoms with Crippen molar-refractivity contribution in [3.63, 3.8) is 0 Å². The van der Waals surface area contributed by atoms with Crippen molar-refractivity contribution < 1.29 is 19.4 Å². The predicted molar refractivity (Wildman–Crippen MR) is 84.3 cm³/mol. The van der Waals surface area contributed by atoms with Crippen LogP contribution in [0.5, 0.6) is 0 Å². The normalized spacial score (nSPS) is 25.9. The number of hydrogen-bond donors (Lipinski definition) is 3. The van der Waals surface area contributed by atoms with E-state index < -0.39 is 17.6 Å². The number of alkyl carbamates (subject to hydrolysis) is 1. The zero-order chi connectivity index (χ0) is 17.3. The van der Waals surface area contributed by atoms with Gasteiger partial charge in [-0.3, -0.25) is 9.59 Å². The van der Waals surface area contributed by atoms with Gasteiger partial charge in [0.1, 0.15) is 11.1 Å². The number of halogens is 1. The molecule has 2 aliphatic rings. The molecule has 1 unspecified atom stereocenters. The van der Waals surface area contributed by atoms with Crippen LogP contribution < -0.4 is 15.8 Å². The summed E-state index contributed by atoms with van der Waals surface area (Å²) < 4.78 is 5.35. The number of amides is 1. The molecule has 1 aliphatic heterocycles. The first-order valence-electron chi connectivity index (χ1n) is 7.62. The summed E-state index contributed by atoms with van der Waals surface area (Å²) in [4.78, 5) is 35.9. The van der Waals surface area contributed by atoms with Crippen LogP contribution in [0.3, 0.4) is 0 Å². The van der Waals surface area contributed by atoms with Gasteiger partial charge in [-0.15, -0.1) is 0 Å². The van der Waals surface area contributed by atoms with Crippen LogP contribution in [-0.4, -0.2) is 52.6 Å². The number of carbonyl (C=O) groups is 2. The molecule has 0 radical (unpaired) electrons. The third kappa shape index (κ3) is 3.45. The van der Waals surface area contributed by atoms with Crippen molar-refractivity contribution in [1.82, 2.24) is 15.5 Å². The molecule has 3 N–H and O–H groups in total. The van der Waals surface area contributed by atoms with E-state index >= 15 is 0 Å². The summed E-state index contributed by atoms with van der Waals surface area (Å²) in [5, 5.41) is 17.5. The summed E-state index contributed by atoms with van der Waals surface area (Å²) in [6.45, 7) is 1.01. The number of aliphatic carboxylic acids is 1. The lowest BCUT2D eigenvalue weighted by atomic mass is 9.80. The maximum atomic E-state index is 11.9.